The third-order valence-electron chi connectivity index (χ3n) is 3.74. The number of carboxylic acids is 1. The van der Waals surface area contributed by atoms with E-state index < -0.39 is 5.97 Å². The van der Waals surface area contributed by atoms with Crippen LogP contribution >= 0.6 is 0 Å². The van der Waals surface area contributed by atoms with Crippen LogP contribution in [0.4, 0.5) is 0 Å². The summed E-state index contributed by atoms with van der Waals surface area (Å²) in [5.41, 5.74) is 0.449. The van der Waals surface area contributed by atoms with Crippen LogP contribution in [-0.2, 0) is 0 Å². The highest BCUT2D eigenvalue weighted by molar-refractivity contribution is 5.90. The summed E-state index contributed by atoms with van der Waals surface area (Å²) in [5.74, 6) is -0.514. The summed E-state index contributed by atoms with van der Waals surface area (Å²) in [6.45, 7) is 3.47. The van der Waals surface area contributed by atoms with Crippen molar-refractivity contribution >= 4 is 5.97 Å². The molecule has 1 aromatic carbocycles. The Hall–Kier alpha value is -1.55. The van der Waals surface area contributed by atoms with E-state index in [0.29, 0.717) is 12.4 Å². The van der Waals surface area contributed by atoms with Crippen LogP contribution in [0.3, 0.4) is 0 Å². The van der Waals surface area contributed by atoms with Gasteiger partial charge in [-0.15, -0.1) is 0 Å². The molecule has 1 aromatic rings. The molecular weight excluding hydrogens is 242 g/mol. The summed E-state index contributed by atoms with van der Waals surface area (Å²) in [6.07, 6.45) is 4.98. The maximum absolute atomic E-state index is 11.0. The Kier molecular flexibility index (Phi) is 4.43. The van der Waals surface area contributed by atoms with E-state index in [9.17, 15) is 4.79 Å². The van der Waals surface area contributed by atoms with Gasteiger partial charge in [-0.2, -0.15) is 0 Å². The van der Waals surface area contributed by atoms with Crippen LogP contribution in [0.1, 0.15) is 43.0 Å². The Morgan fingerprint density at radius 3 is 2.74 bits per heavy atom. The maximum atomic E-state index is 11.0. The molecule has 1 saturated carbocycles. The lowest BCUT2D eigenvalue weighted by atomic mass is 10.0. The summed E-state index contributed by atoms with van der Waals surface area (Å²) in [4.78, 5) is 11.0. The topological polar surface area (TPSA) is 58.6 Å². The predicted molar refractivity (Wildman–Crippen MR) is 73.8 cm³/mol. The summed E-state index contributed by atoms with van der Waals surface area (Å²) in [5, 5.41) is 12.5. The second-order valence-electron chi connectivity index (χ2n) is 5.34. The number of ether oxygens (including phenoxy) is 1. The molecular formula is C15H21NO3. The molecule has 0 bridgehead atoms. The lowest BCUT2D eigenvalue weighted by molar-refractivity contribution is 0.0692. The molecule has 1 aliphatic carbocycles. The van der Waals surface area contributed by atoms with E-state index >= 15 is 0 Å². The van der Waals surface area contributed by atoms with E-state index in [-0.39, 0.29) is 11.1 Å². The molecule has 0 unspecified atom stereocenters. The molecule has 2 N–H and O–H groups in total. The number of hydrogen-bond acceptors (Lipinski definition) is 3. The second kappa shape index (κ2) is 6.06. The van der Waals surface area contributed by atoms with Crippen LogP contribution in [0, 0.1) is 0 Å². The van der Waals surface area contributed by atoms with Gasteiger partial charge in [0.2, 0.25) is 0 Å². The highest BCUT2D eigenvalue weighted by atomic mass is 16.5. The Balaban J connectivity index is 1.81. The maximum Gasteiger partial charge on any atom is 0.339 e. The van der Waals surface area contributed by atoms with Gasteiger partial charge in [0.05, 0.1) is 0 Å². The van der Waals surface area contributed by atoms with Crippen LogP contribution in [0.15, 0.2) is 24.3 Å². The van der Waals surface area contributed by atoms with E-state index in [2.05, 4.69) is 12.2 Å². The number of carboxylic acid groups (broad SMARTS) is 1. The van der Waals surface area contributed by atoms with Gasteiger partial charge in [0, 0.05) is 12.1 Å². The van der Waals surface area contributed by atoms with E-state index in [0.717, 1.165) is 6.54 Å². The first-order valence-corrected chi connectivity index (χ1v) is 6.81. The molecule has 104 valence electrons. The fraction of sp³-hybridized carbons (Fsp3) is 0.533. The van der Waals surface area contributed by atoms with Crippen LogP contribution in [-0.4, -0.2) is 29.8 Å². The zero-order valence-electron chi connectivity index (χ0n) is 11.3. The molecule has 0 spiro atoms. The highest BCUT2D eigenvalue weighted by Crippen LogP contribution is 2.28. The van der Waals surface area contributed by atoms with Crippen LogP contribution < -0.4 is 10.1 Å². The summed E-state index contributed by atoms with van der Waals surface area (Å²) >= 11 is 0. The van der Waals surface area contributed by atoms with Crippen molar-refractivity contribution in [1.29, 1.82) is 0 Å². The quantitative estimate of drug-likeness (QED) is 0.775. The van der Waals surface area contributed by atoms with Crippen molar-refractivity contribution < 1.29 is 14.6 Å². The third-order valence-corrected chi connectivity index (χ3v) is 3.74. The molecule has 0 aromatic heterocycles. The van der Waals surface area contributed by atoms with Gasteiger partial charge >= 0.3 is 5.97 Å². The van der Waals surface area contributed by atoms with Crippen molar-refractivity contribution in [2.75, 3.05) is 13.2 Å². The molecule has 4 nitrogen and oxygen atoms in total. The molecule has 0 heterocycles. The molecule has 2 rings (SSSR count). The van der Waals surface area contributed by atoms with E-state index in [1.807, 2.05) is 0 Å². The molecule has 4 heteroatoms. The predicted octanol–water partition coefficient (Wildman–Crippen LogP) is 2.69. The molecule has 0 amide bonds. The Morgan fingerprint density at radius 1 is 1.37 bits per heavy atom. The Morgan fingerprint density at radius 2 is 2.05 bits per heavy atom. The first kappa shape index (κ1) is 13.9. The van der Waals surface area contributed by atoms with Gasteiger partial charge in [0.15, 0.2) is 0 Å². The first-order chi connectivity index (χ1) is 9.11. The number of nitrogens with one attached hydrogen (secondary N) is 1. The molecule has 0 radical (unpaired) electrons. The minimum Gasteiger partial charge on any atom is -0.491 e. The largest absolute Gasteiger partial charge is 0.491 e. The van der Waals surface area contributed by atoms with E-state index in [1.165, 1.54) is 25.7 Å². The second-order valence-corrected chi connectivity index (χ2v) is 5.34. The van der Waals surface area contributed by atoms with Gasteiger partial charge in [-0.25, -0.2) is 4.79 Å². The van der Waals surface area contributed by atoms with Gasteiger partial charge in [-0.05, 0) is 31.9 Å². The zero-order valence-corrected chi connectivity index (χ0v) is 11.3. The standard InChI is InChI=1S/C15H21NO3/c1-15(8-4-5-9-15)16-10-11-19-13-7-3-2-6-12(13)14(17)18/h2-3,6-7,16H,4-5,8-11H2,1H3,(H,17,18). The number of hydrogen-bond donors (Lipinski definition) is 2. The van der Waals surface area contributed by atoms with Gasteiger partial charge in [0.1, 0.15) is 17.9 Å². The van der Waals surface area contributed by atoms with Crippen molar-refractivity contribution in [3.8, 4) is 5.75 Å². The molecule has 1 fully saturated rings. The highest BCUT2D eigenvalue weighted by Gasteiger charge is 2.27. The van der Waals surface area contributed by atoms with Crippen molar-refractivity contribution in [3.05, 3.63) is 29.8 Å². The average Bonchev–Trinajstić information content (AvgIpc) is 2.82. The number of carbonyl (C=O) groups is 1. The lowest BCUT2D eigenvalue weighted by Gasteiger charge is -2.25. The van der Waals surface area contributed by atoms with Crippen molar-refractivity contribution in [1.82, 2.24) is 5.32 Å². The summed E-state index contributed by atoms with van der Waals surface area (Å²) in [7, 11) is 0. The minimum atomic E-state index is -0.952. The fourth-order valence-electron chi connectivity index (χ4n) is 2.62. The summed E-state index contributed by atoms with van der Waals surface area (Å²) < 4.78 is 5.56. The van der Waals surface area contributed by atoms with Gasteiger partial charge < -0.3 is 15.2 Å². The van der Waals surface area contributed by atoms with Crippen LogP contribution in [0.2, 0.25) is 0 Å². The molecule has 1 aliphatic rings. The number of benzene rings is 1. The van der Waals surface area contributed by atoms with Crippen molar-refractivity contribution in [3.63, 3.8) is 0 Å². The molecule has 0 atom stereocenters. The minimum absolute atomic E-state index is 0.217. The fourth-order valence-corrected chi connectivity index (χ4v) is 2.62. The SMILES string of the molecule is CC1(NCCOc2ccccc2C(=O)O)CCCC1. The summed E-state index contributed by atoms with van der Waals surface area (Å²) in [6, 6.07) is 6.74. The van der Waals surface area contributed by atoms with Gasteiger partial charge in [0.25, 0.3) is 0 Å². The van der Waals surface area contributed by atoms with Crippen LogP contribution in [0.5, 0.6) is 5.75 Å². The lowest BCUT2D eigenvalue weighted by Crippen LogP contribution is -2.41. The molecule has 0 aliphatic heterocycles. The number of para-hydroxylation sites is 1. The van der Waals surface area contributed by atoms with Crippen molar-refractivity contribution in [2.24, 2.45) is 0 Å². The number of aromatic carboxylic acids is 1. The zero-order chi connectivity index (χ0) is 13.7. The smallest absolute Gasteiger partial charge is 0.339 e. The monoisotopic (exact) mass is 263 g/mol. The van der Waals surface area contributed by atoms with Gasteiger partial charge in [-0.3, -0.25) is 0 Å². The first-order valence-electron chi connectivity index (χ1n) is 6.81. The Labute approximate surface area is 113 Å². The third kappa shape index (κ3) is 3.70. The number of rotatable bonds is 6. The Bertz CT molecular complexity index is 439. The van der Waals surface area contributed by atoms with Crippen molar-refractivity contribution in [2.45, 2.75) is 38.1 Å². The molecule has 0 saturated heterocycles. The van der Waals surface area contributed by atoms with Gasteiger partial charge in [-0.1, -0.05) is 25.0 Å². The van der Waals surface area contributed by atoms with Crippen LogP contribution in [0.25, 0.3) is 0 Å². The van der Waals surface area contributed by atoms with E-state index in [4.69, 9.17) is 9.84 Å². The average molecular weight is 263 g/mol. The molecule has 19 heavy (non-hydrogen) atoms. The van der Waals surface area contributed by atoms with E-state index in [1.54, 1.807) is 24.3 Å². The normalized spacial score (nSPS) is 17.3.